The van der Waals surface area contributed by atoms with Crippen molar-refractivity contribution in [2.45, 2.75) is 16.7 Å². The Morgan fingerprint density at radius 1 is 0.711 bits per heavy atom. The molecule has 4 aromatic rings. The van der Waals surface area contributed by atoms with Gasteiger partial charge in [0.05, 0.1) is 20.5 Å². The van der Waals surface area contributed by atoms with E-state index in [0.29, 0.717) is 22.0 Å². The van der Waals surface area contributed by atoms with Gasteiger partial charge < -0.3 is 5.32 Å². The number of hydrogen-bond donors (Lipinski definition) is 3. The molecule has 4 aromatic carbocycles. The van der Waals surface area contributed by atoms with Gasteiger partial charge in [-0.3, -0.25) is 14.2 Å². The summed E-state index contributed by atoms with van der Waals surface area (Å²) in [5.74, 6) is -0.567. The summed E-state index contributed by atoms with van der Waals surface area (Å²) in [5, 5.41) is 3.15. The lowest BCUT2D eigenvalue weighted by Crippen LogP contribution is -2.17. The molecule has 0 aliphatic heterocycles. The Morgan fingerprint density at radius 2 is 1.39 bits per heavy atom. The van der Waals surface area contributed by atoms with E-state index in [2.05, 4.69) is 14.8 Å². The lowest BCUT2D eigenvalue weighted by atomic mass is 10.1. The van der Waals surface area contributed by atoms with Gasteiger partial charge in [0.1, 0.15) is 0 Å². The van der Waals surface area contributed by atoms with Crippen molar-refractivity contribution in [2.75, 3.05) is 14.8 Å². The third-order valence-electron chi connectivity index (χ3n) is 5.36. The molecule has 0 aromatic heterocycles. The fourth-order valence-electron chi connectivity index (χ4n) is 3.44. The zero-order chi connectivity index (χ0) is 27.5. The minimum absolute atomic E-state index is 0.0395. The maximum absolute atomic E-state index is 12.9. The van der Waals surface area contributed by atoms with Crippen LogP contribution in [0.2, 0.25) is 10.0 Å². The van der Waals surface area contributed by atoms with Crippen LogP contribution < -0.4 is 14.8 Å². The van der Waals surface area contributed by atoms with Crippen molar-refractivity contribution < 1.29 is 21.6 Å². The van der Waals surface area contributed by atoms with Crippen molar-refractivity contribution in [3.8, 4) is 0 Å². The first-order valence-corrected chi connectivity index (χ1v) is 14.7. The quantitative estimate of drug-likeness (QED) is 0.227. The van der Waals surface area contributed by atoms with Crippen LogP contribution >= 0.6 is 23.2 Å². The molecule has 0 spiro atoms. The molecule has 1 amide bonds. The van der Waals surface area contributed by atoms with Crippen LogP contribution in [-0.4, -0.2) is 22.7 Å². The first-order valence-electron chi connectivity index (χ1n) is 11.0. The maximum atomic E-state index is 12.9. The number of sulfonamides is 2. The molecule has 0 aliphatic carbocycles. The summed E-state index contributed by atoms with van der Waals surface area (Å²) < 4.78 is 56.2. The molecule has 0 unspecified atom stereocenters. The topological polar surface area (TPSA) is 121 Å². The maximum Gasteiger partial charge on any atom is 0.262 e. The molecular formula is C26H21Cl2N3O5S2. The fraction of sp³-hybridized carbons (Fsp3) is 0.0385. The van der Waals surface area contributed by atoms with Gasteiger partial charge in [0, 0.05) is 22.0 Å². The molecule has 0 bridgehead atoms. The van der Waals surface area contributed by atoms with Crippen LogP contribution in [0, 0.1) is 6.92 Å². The van der Waals surface area contributed by atoms with Gasteiger partial charge in [0.15, 0.2) is 0 Å². The zero-order valence-electron chi connectivity index (χ0n) is 19.8. The lowest BCUT2D eigenvalue weighted by molar-refractivity contribution is 0.102. The molecule has 0 fully saturated rings. The second kappa shape index (κ2) is 11.0. The van der Waals surface area contributed by atoms with E-state index in [0.717, 1.165) is 0 Å². The van der Waals surface area contributed by atoms with Crippen LogP contribution in [-0.2, 0) is 20.0 Å². The molecule has 4 rings (SSSR count). The predicted molar refractivity (Wildman–Crippen MR) is 150 cm³/mol. The summed E-state index contributed by atoms with van der Waals surface area (Å²) in [5.41, 5.74) is 1.45. The van der Waals surface area contributed by atoms with Crippen molar-refractivity contribution >= 4 is 66.2 Å². The van der Waals surface area contributed by atoms with Crippen molar-refractivity contribution in [3.63, 3.8) is 0 Å². The molecule has 0 heterocycles. The molecule has 3 N–H and O–H groups in total. The average molecular weight is 591 g/mol. The number of rotatable bonds is 8. The highest BCUT2D eigenvalue weighted by Gasteiger charge is 2.20. The van der Waals surface area contributed by atoms with Crippen LogP contribution in [0.1, 0.15) is 15.9 Å². The number of aryl methyl sites for hydroxylation is 1. The monoisotopic (exact) mass is 589 g/mol. The van der Waals surface area contributed by atoms with Crippen molar-refractivity contribution in [1.29, 1.82) is 0 Å². The number of benzene rings is 4. The van der Waals surface area contributed by atoms with Crippen LogP contribution in [0.15, 0.2) is 101 Å². The number of nitrogens with one attached hydrogen (secondary N) is 3. The van der Waals surface area contributed by atoms with Crippen LogP contribution in [0.3, 0.4) is 0 Å². The minimum atomic E-state index is -3.96. The molecule has 0 saturated carbocycles. The number of carbonyl (C=O) groups is 1. The molecular weight excluding hydrogens is 569 g/mol. The molecule has 8 nitrogen and oxygen atoms in total. The van der Waals surface area contributed by atoms with Gasteiger partial charge in [0.2, 0.25) is 0 Å². The first kappa shape index (κ1) is 27.5. The van der Waals surface area contributed by atoms with Crippen molar-refractivity contribution in [2.24, 2.45) is 0 Å². The summed E-state index contributed by atoms with van der Waals surface area (Å²) in [4.78, 5) is 12.8. The highest BCUT2D eigenvalue weighted by Crippen LogP contribution is 2.28. The molecule has 196 valence electrons. The van der Waals surface area contributed by atoms with Crippen molar-refractivity contribution in [3.05, 3.63) is 112 Å². The van der Waals surface area contributed by atoms with Gasteiger partial charge in [0.25, 0.3) is 26.0 Å². The second-order valence-corrected chi connectivity index (χ2v) is 12.3. The molecule has 0 aliphatic rings. The molecule has 0 saturated heterocycles. The second-order valence-electron chi connectivity index (χ2n) is 8.16. The normalized spacial score (nSPS) is 11.6. The van der Waals surface area contributed by atoms with Gasteiger partial charge in [-0.05, 0) is 79.2 Å². The van der Waals surface area contributed by atoms with E-state index in [9.17, 15) is 21.6 Å². The number of para-hydroxylation sites is 1. The van der Waals surface area contributed by atoms with Gasteiger partial charge in [-0.2, -0.15) is 0 Å². The lowest BCUT2D eigenvalue weighted by Gasteiger charge is -2.13. The van der Waals surface area contributed by atoms with E-state index < -0.39 is 26.0 Å². The molecule has 12 heteroatoms. The third-order valence-corrected chi connectivity index (χ3v) is 8.82. The Morgan fingerprint density at radius 3 is 2.05 bits per heavy atom. The Balaban J connectivity index is 1.50. The third kappa shape index (κ3) is 6.46. The smallest absolute Gasteiger partial charge is 0.262 e. The average Bonchev–Trinajstić information content (AvgIpc) is 2.86. The van der Waals surface area contributed by atoms with E-state index in [1.807, 2.05) is 0 Å². The number of hydrogen-bond acceptors (Lipinski definition) is 5. The summed E-state index contributed by atoms with van der Waals surface area (Å²) in [7, 11) is -7.91. The van der Waals surface area contributed by atoms with Gasteiger partial charge in [-0.25, -0.2) is 16.8 Å². The number of halogens is 2. The van der Waals surface area contributed by atoms with Crippen LogP contribution in [0.25, 0.3) is 0 Å². The Hall–Kier alpha value is -3.57. The zero-order valence-corrected chi connectivity index (χ0v) is 22.9. The highest BCUT2D eigenvalue weighted by atomic mass is 35.5. The number of anilines is 3. The van der Waals surface area contributed by atoms with Crippen LogP contribution in [0.4, 0.5) is 17.1 Å². The molecule has 38 heavy (non-hydrogen) atoms. The first-order chi connectivity index (χ1) is 17.9. The minimum Gasteiger partial charge on any atom is -0.322 e. The van der Waals surface area contributed by atoms with Crippen molar-refractivity contribution in [1.82, 2.24) is 0 Å². The largest absolute Gasteiger partial charge is 0.322 e. The summed E-state index contributed by atoms with van der Waals surface area (Å²) >= 11 is 11.9. The molecule has 0 radical (unpaired) electrons. The molecule has 0 atom stereocenters. The van der Waals surface area contributed by atoms with E-state index in [1.165, 1.54) is 60.7 Å². The standard InChI is InChI=1S/C26H21Cl2N3O5S2/c1-17-7-8-18(15-25(17)38(35,36)30-21-5-3-2-4-6-21)26(32)29-20-10-12-22(13-11-20)37(33,34)31-24-14-9-19(27)16-23(24)28/h2-16,30-31H,1H3,(H,29,32). The van der Waals surface area contributed by atoms with E-state index >= 15 is 0 Å². The van der Waals surface area contributed by atoms with E-state index in [-0.39, 0.29) is 26.1 Å². The number of amides is 1. The van der Waals surface area contributed by atoms with E-state index in [4.69, 9.17) is 23.2 Å². The predicted octanol–water partition coefficient (Wildman–Crippen LogP) is 6.16. The Bertz CT molecular complexity index is 1710. The van der Waals surface area contributed by atoms with Gasteiger partial charge >= 0.3 is 0 Å². The van der Waals surface area contributed by atoms with Crippen LogP contribution in [0.5, 0.6) is 0 Å². The summed E-state index contributed by atoms with van der Waals surface area (Å²) in [6, 6.07) is 22.6. The van der Waals surface area contributed by atoms with Gasteiger partial charge in [-0.15, -0.1) is 0 Å². The summed E-state index contributed by atoms with van der Waals surface area (Å²) in [6.45, 7) is 1.63. The van der Waals surface area contributed by atoms with E-state index in [1.54, 1.807) is 37.3 Å². The fourth-order valence-corrected chi connectivity index (χ4v) is 6.37. The highest BCUT2D eigenvalue weighted by molar-refractivity contribution is 7.93. The number of carbonyl (C=O) groups excluding carboxylic acids is 1. The Labute approximate surface area is 230 Å². The van der Waals surface area contributed by atoms with Gasteiger partial charge in [-0.1, -0.05) is 47.5 Å². The Kier molecular flexibility index (Phi) is 7.98. The SMILES string of the molecule is Cc1ccc(C(=O)Nc2ccc(S(=O)(=O)Nc3ccc(Cl)cc3Cl)cc2)cc1S(=O)(=O)Nc1ccccc1. The summed E-state index contributed by atoms with van der Waals surface area (Å²) in [6.07, 6.45) is 0.